The Morgan fingerprint density at radius 2 is 1.51 bits per heavy atom. The van der Waals surface area contributed by atoms with Crippen LogP contribution in [0.4, 0.5) is 10.5 Å². The number of para-hydroxylation sites is 1. The standard InChI is InChI=1S/C33H27Cl2N3O4S/c34-27-17-23(18-28(35)31(27)42-21-22-10-11-24-6-4-5-7-25(24)16-22)19-29-32(40)38(33(41)43-29)20-30(39)37-14-12-36(13-15-37)26-8-2-1-3-9-26/h1-11,16-19H,12-15,20-21H2/b29-19+. The van der Waals surface area contributed by atoms with Crippen LogP contribution in [0.1, 0.15) is 11.1 Å². The second-order valence-corrected chi connectivity index (χ2v) is 12.1. The van der Waals surface area contributed by atoms with Crippen LogP contribution < -0.4 is 9.64 Å². The fourth-order valence-electron chi connectivity index (χ4n) is 5.16. The number of benzene rings is 4. The normalized spacial score (nSPS) is 16.4. The van der Waals surface area contributed by atoms with Crippen molar-refractivity contribution in [1.82, 2.24) is 9.80 Å². The summed E-state index contributed by atoms with van der Waals surface area (Å²) >= 11 is 13.8. The number of carbonyl (C=O) groups is 3. The number of anilines is 1. The van der Waals surface area contributed by atoms with Crippen molar-refractivity contribution in [3.63, 3.8) is 0 Å². The van der Waals surface area contributed by atoms with Crippen molar-refractivity contribution in [3.8, 4) is 5.75 Å². The predicted molar refractivity (Wildman–Crippen MR) is 173 cm³/mol. The minimum Gasteiger partial charge on any atom is -0.486 e. The van der Waals surface area contributed by atoms with Crippen molar-refractivity contribution in [1.29, 1.82) is 0 Å². The molecule has 0 N–H and O–H groups in total. The van der Waals surface area contributed by atoms with Gasteiger partial charge in [-0.1, -0.05) is 77.8 Å². The maximum Gasteiger partial charge on any atom is 0.294 e. The molecule has 0 aliphatic carbocycles. The van der Waals surface area contributed by atoms with E-state index >= 15 is 0 Å². The summed E-state index contributed by atoms with van der Waals surface area (Å²) in [7, 11) is 0. The Morgan fingerprint density at radius 3 is 2.23 bits per heavy atom. The van der Waals surface area contributed by atoms with Crippen molar-refractivity contribution in [3.05, 3.63) is 111 Å². The van der Waals surface area contributed by atoms with Crippen LogP contribution in [0, 0.1) is 0 Å². The highest BCUT2D eigenvalue weighted by atomic mass is 35.5. The van der Waals surface area contributed by atoms with Crippen molar-refractivity contribution >= 4 is 74.6 Å². The zero-order valence-electron chi connectivity index (χ0n) is 23.0. The lowest BCUT2D eigenvalue weighted by atomic mass is 10.1. The summed E-state index contributed by atoms with van der Waals surface area (Å²) in [5, 5.41) is 2.33. The first-order valence-electron chi connectivity index (χ1n) is 13.8. The maximum atomic E-state index is 13.1. The van der Waals surface area contributed by atoms with E-state index in [1.807, 2.05) is 66.7 Å². The van der Waals surface area contributed by atoms with Gasteiger partial charge in [-0.2, -0.15) is 0 Å². The van der Waals surface area contributed by atoms with Gasteiger partial charge >= 0.3 is 0 Å². The summed E-state index contributed by atoms with van der Waals surface area (Å²) in [6.45, 7) is 2.38. The van der Waals surface area contributed by atoms with Crippen LogP contribution in [0.15, 0.2) is 89.8 Å². The third kappa shape index (κ3) is 6.51. The van der Waals surface area contributed by atoms with E-state index in [0.29, 0.717) is 37.5 Å². The van der Waals surface area contributed by atoms with Gasteiger partial charge in [0.1, 0.15) is 13.2 Å². The molecule has 0 spiro atoms. The quantitative estimate of drug-likeness (QED) is 0.202. The smallest absolute Gasteiger partial charge is 0.294 e. The minimum atomic E-state index is -0.518. The molecule has 0 bridgehead atoms. The number of thioether (sulfide) groups is 1. The highest BCUT2D eigenvalue weighted by Gasteiger charge is 2.37. The van der Waals surface area contributed by atoms with Gasteiger partial charge in [-0.15, -0.1) is 0 Å². The second kappa shape index (κ2) is 12.7. The molecule has 4 aromatic carbocycles. The topological polar surface area (TPSA) is 70.2 Å². The summed E-state index contributed by atoms with van der Waals surface area (Å²) in [6.07, 6.45) is 1.55. The molecule has 43 heavy (non-hydrogen) atoms. The van der Waals surface area contributed by atoms with E-state index in [0.717, 1.165) is 38.7 Å². The van der Waals surface area contributed by atoms with E-state index in [9.17, 15) is 14.4 Å². The lowest BCUT2D eigenvalue weighted by Gasteiger charge is -2.36. The van der Waals surface area contributed by atoms with Gasteiger partial charge in [-0.25, -0.2) is 0 Å². The Labute approximate surface area is 263 Å². The zero-order valence-corrected chi connectivity index (χ0v) is 25.4. The highest BCUT2D eigenvalue weighted by molar-refractivity contribution is 8.18. The van der Waals surface area contributed by atoms with Gasteiger partial charge in [0.05, 0.1) is 15.0 Å². The second-order valence-electron chi connectivity index (χ2n) is 10.3. The van der Waals surface area contributed by atoms with Crippen LogP contribution in [0.25, 0.3) is 16.8 Å². The van der Waals surface area contributed by atoms with Crippen LogP contribution >= 0.6 is 35.0 Å². The van der Waals surface area contributed by atoms with Gasteiger partial charge < -0.3 is 14.5 Å². The number of piperazine rings is 1. The number of hydrogen-bond acceptors (Lipinski definition) is 6. The number of rotatable bonds is 7. The molecule has 0 unspecified atom stereocenters. The van der Waals surface area contributed by atoms with E-state index in [4.69, 9.17) is 27.9 Å². The van der Waals surface area contributed by atoms with Crippen molar-refractivity contribution in [2.24, 2.45) is 0 Å². The van der Waals surface area contributed by atoms with E-state index in [1.54, 1.807) is 23.1 Å². The summed E-state index contributed by atoms with van der Waals surface area (Å²) in [5.74, 6) is -0.440. The largest absolute Gasteiger partial charge is 0.486 e. The van der Waals surface area contributed by atoms with Gasteiger partial charge in [0.2, 0.25) is 5.91 Å². The Hall–Kier alpha value is -3.98. The lowest BCUT2D eigenvalue weighted by Crippen LogP contribution is -2.51. The zero-order chi connectivity index (χ0) is 29.9. The SMILES string of the molecule is O=C(CN1C(=O)S/C(=C/c2cc(Cl)c(OCc3ccc4ccccc4c3)c(Cl)c2)C1=O)N1CCN(c2ccccc2)CC1. The molecule has 0 radical (unpaired) electrons. The van der Waals surface area contributed by atoms with Gasteiger partial charge in [0, 0.05) is 31.9 Å². The van der Waals surface area contributed by atoms with Crippen LogP contribution in [0.5, 0.6) is 5.75 Å². The number of hydrogen-bond donors (Lipinski definition) is 0. The van der Waals surface area contributed by atoms with Crippen LogP contribution in [-0.2, 0) is 16.2 Å². The first-order chi connectivity index (χ1) is 20.9. The number of amides is 3. The number of imide groups is 1. The van der Waals surface area contributed by atoms with Crippen molar-refractivity contribution in [2.75, 3.05) is 37.6 Å². The Balaban J connectivity index is 1.08. The molecule has 0 aromatic heterocycles. The first kappa shape index (κ1) is 29.1. The molecule has 2 fully saturated rings. The fourth-order valence-corrected chi connectivity index (χ4v) is 6.61. The molecule has 6 rings (SSSR count). The molecule has 4 aromatic rings. The van der Waals surface area contributed by atoms with E-state index in [2.05, 4.69) is 11.0 Å². The van der Waals surface area contributed by atoms with E-state index in [1.165, 1.54) is 0 Å². The highest BCUT2D eigenvalue weighted by Crippen LogP contribution is 2.38. The molecular formula is C33H27Cl2N3O4S. The monoisotopic (exact) mass is 631 g/mol. The summed E-state index contributed by atoms with van der Waals surface area (Å²) in [5.41, 5.74) is 2.62. The number of halogens is 2. The third-order valence-corrected chi connectivity index (χ3v) is 8.90. The van der Waals surface area contributed by atoms with Gasteiger partial charge in [-0.3, -0.25) is 19.3 Å². The molecular weight excluding hydrogens is 605 g/mol. The fraction of sp³-hybridized carbons (Fsp3) is 0.182. The summed E-state index contributed by atoms with van der Waals surface area (Å²) in [6, 6.07) is 27.4. The van der Waals surface area contributed by atoms with Crippen LogP contribution in [0.2, 0.25) is 10.0 Å². The van der Waals surface area contributed by atoms with Crippen LogP contribution in [-0.4, -0.2) is 59.6 Å². The molecule has 2 saturated heterocycles. The molecule has 10 heteroatoms. The minimum absolute atomic E-state index is 0.198. The maximum absolute atomic E-state index is 13.1. The average molecular weight is 633 g/mol. The Morgan fingerprint density at radius 1 is 0.837 bits per heavy atom. The predicted octanol–water partition coefficient (Wildman–Crippen LogP) is 7.11. The lowest BCUT2D eigenvalue weighted by molar-refractivity contribution is -0.136. The van der Waals surface area contributed by atoms with E-state index < -0.39 is 11.1 Å². The van der Waals surface area contributed by atoms with Crippen molar-refractivity contribution in [2.45, 2.75) is 6.61 Å². The Bertz CT molecular complexity index is 1720. The first-order valence-corrected chi connectivity index (χ1v) is 15.4. The molecule has 2 aliphatic rings. The molecule has 218 valence electrons. The van der Waals surface area contributed by atoms with Gasteiger partial charge in [-0.05, 0) is 70.1 Å². The van der Waals surface area contributed by atoms with Gasteiger partial charge in [0.25, 0.3) is 11.1 Å². The number of fused-ring (bicyclic) bond motifs is 1. The molecule has 2 heterocycles. The molecule has 0 saturated carbocycles. The van der Waals surface area contributed by atoms with Gasteiger partial charge in [0.15, 0.2) is 5.75 Å². The molecule has 2 aliphatic heterocycles. The number of nitrogens with zero attached hydrogens (tertiary/aromatic N) is 3. The van der Waals surface area contributed by atoms with Crippen molar-refractivity contribution < 1.29 is 19.1 Å². The number of carbonyl (C=O) groups excluding carboxylic acids is 3. The third-order valence-electron chi connectivity index (χ3n) is 7.44. The molecule has 7 nitrogen and oxygen atoms in total. The Kier molecular flexibility index (Phi) is 8.61. The molecule has 3 amide bonds. The summed E-state index contributed by atoms with van der Waals surface area (Å²) in [4.78, 5) is 43.9. The number of ether oxygens (including phenoxy) is 1. The van der Waals surface area contributed by atoms with E-state index in [-0.39, 0.29) is 34.0 Å². The molecule has 0 atom stereocenters. The van der Waals surface area contributed by atoms with Crippen LogP contribution in [0.3, 0.4) is 0 Å². The average Bonchev–Trinajstić information content (AvgIpc) is 3.28. The summed E-state index contributed by atoms with van der Waals surface area (Å²) < 4.78 is 5.95.